The Morgan fingerprint density at radius 2 is 2.14 bits per heavy atom. The summed E-state index contributed by atoms with van der Waals surface area (Å²) in [7, 11) is 0. The Morgan fingerprint density at radius 3 is 2.75 bits per heavy atom. The average molecular weight is 378 g/mol. The molecule has 3 heterocycles. The Bertz CT molecular complexity index is 1050. The van der Waals surface area contributed by atoms with Crippen LogP contribution in [0.1, 0.15) is 39.2 Å². The van der Waals surface area contributed by atoms with Gasteiger partial charge in [0.05, 0.1) is 17.3 Å². The third kappa shape index (κ3) is 2.88. The number of aliphatic imine (C=N–C) groups is 1. The van der Waals surface area contributed by atoms with Gasteiger partial charge in [0.2, 0.25) is 0 Å². The van der Waals surface area contributed by atoms with Crippen molar-refractivity contribution in [1.29, 1.82) is 5.26 Å². The van der Waals surface area contributed by atoms with E-state index in [2.05, 4.69) is 26.5 Å². The van der Waals surface area contributed by atoms with Crippen molar-refractivity contribution in [2.45, 2.75) is 45.2 Å². The highest BCUT2D eigenvalue weighted by Crippen LogP contribution is 2.43. The molecule has 2 aromatic heterocycles. The predicted molar refractivity (Wildman–Crippen MR) is 104 cm³/mol. The Balaban J connectivity index is 1.87. The van der Waals surface area contributed by atoms with Gasteiger partial charge in [0.15, 0.2) is 11.5 Å². The quantitative estimate of drug-likeness (QED) is 0.844. The third-order valence-corrected chi connectivity index (χ3v) is 5.48. The predicted octanol–water partition coefficient (Wildman–Crippen LogP) is 2.42. The summed E-state index contributed by atoms with van der Waals surface area (Å²) in [6, 6.07) is 4.09. The van der Waals surface area contributed by atoms with E-state index in [-0.39, 0.29) is 5.41 Å². The Morgan fingerprint density at radius 1 is 1.39 bits per heavy atom. The Labute approximate surface area is 162 Å². The standard InChI is InChI=1S/C20H22N6O2/c1-19(2,3)20(25-14-4-5-14)7-16(22-11-15(20)18(27)28)26-17-13(10-24-26)6-12(8-21)9-23-17/h6-7,9-11,14-15,25H,4-5H2,1-3H3,(H,27,28). The number of aliphatic carboxylic acids is 1. The minimum atomic E-state index is -0.913. The van der Waals surface area contributed by atoms with Gasteiger partial charge in [0, 0.05) is 23.8 Å². The number of pyridine rings is 1. The molecule has 1 saturated carbocycles. The molecule has 0 amide bonds. The summed E-state index contributed by atoms with van der Waals surface area (Å²) in [5.41, 5.74) is -0.174. The van der Waals surface area contributed by atoms with E-state index >= 15 is 0 Å². The van der Waals surface area contributed by atoms with Crippen LogP contribution in [0.5, 0.6) is 0 Å². The SMILES string of the molecule is CC(C)(C)C1(NC2CC2)C=C(n2ncc3cc(C#N)cnc32)N=CC1C(=O)O. The molecule has 2 N–H and O–H groups in total. The minimum absolute atomic E-state index is 0.302. The van der Waals surface area contributed by atoms with Crippen LogP contribution in [0.2, 0.25) is 0 Å². The largest absolute Gasteiger partial charge is 0.481 e. The van der Waals surface area contributed by atoms with Crippen LogP contribution < -0.4 is 5.32 Å². The maximum Gasteiger partial charge on any atom is 0.314 e. The minimum Gasteiger partial charge on any atom is -0.481 e. The Hall–Kier alpha value is -3.05. The van der Waals surface area contributed by atoms with Crippen LogP contribution in [0.15, 0.2) is 29.5 Å². The topological polar surface area (TPSA) is 116 Å². The van der Waals surface area contributed by atoms with Gasteiger partial charge in [-0.2, -0.15) is 15.0 Å². The fourth-order valence-electron chi connectivity index (χ4n) is 3.72. The lowest BCUT2D eigenvalue weighted by Crippen LogP contribution is -2.62. The number of nitriles is 1. The smallest absolute Gasteiger partial charge is 0.314 e. The molecule has 1 aliphatic carbocycles. The van der Waals surface area contributed by atoms with Gasteiger partial charge in [-0.3, -0.25) is 4.79 Å². The second-order valence-electron chi connectivity index (χ2n) is 8.44. The maximum atomic E-state index is 12.1. The zero-order valence-electron chi connectivity index (χ0n) is 16.0. The molecule has 8 heteroatoms. The van der Waals surface area contributed by atoms with Crippen molar-refractivity contribution in [1.82, 2.24) is 20.1 Å². The molecule has 1 fully saturated rings. The summed E-state index contributed by atoms with van der Waals surface area (Å²) in [5, 5.41) is 27.7. The number of carboxylic acids is 1. The number of fused-ring (bicyclic) bond motifs is 1. The molecular formula is C20H22N6O2. The van der Waals surface area contributed by atoms with Gasteiger partial charge < -0.3 is 10.4 Å². The average Bonchev–Trinajstić information content (AvgIpc) is 3.35. The number of carboxylic acid groups (broad SMARTS) is 1. The van der Waals surface area contributed by atoms with E-state index < -0.39 is 17.4 Å². The molecule has 1 aliphatic heterocycles. The molecule has 4 rings (SSSR count). The normalized spacial score (nSPS) is 24.8. The van der Waals surface area contributed by atoms with Crippen LogP contribution in [0, 0.1) is 22.7 Å². The van der Waals surface area contributed by atoms with E-state index in [1.165, 1.54) is 12.4 Å². The van der Waals surface area contributed by atoms with Crippen molar-refractivity contribution in [3.05, 3.63) is 30.1 Å². The highest BCUT2D eigenvalue weighted by Gasteiger charge is 2.53. The second-order valence-corrected chi connectivity index (χ2v) is 8.44. The molecule has 2 atom stereocenters. The first-order chi connectivity index (χ1) is 13.2. The maximum absolute atomic E-state index is 12.1. The van der Waals surface area contributed by atoms with Gasteiger partial charge >= 0.3 is 5.97 Å². The molecule has 0 spiro atoms. The second kappa shape index (κ2) is 6.24. The number of nitrogens with one attached hydrogen (secondary N) is 1. The third-order valence-electron chi connectivity index (χ3n) is 5.48. The zero-order chi connectivity index (χ0) is 20.1. The first-order valence-corrected chi connectivity index (χ1v) is 9.27. The highest BCUT2D eigenvalue weighted by molar-refractivity contribution is 5.95. The summed E-state index contributed by atoms with van der Waals surface area (Å²) in [4.78, 5) is 20.8. The van der Waals surface area contributed by atoms with Crippen LogP contribution in [0.25, 0.3) is 16.9 Å². The Kier molecular flexibility index (Phi) is 4.08. The number of aromatic nitrogens is 3. The van der Waals surface area contributed by atoms with Crippen molar-refractivity contribution in [3.63, 3.8) is 0 Å². The zero-order valence-corrected chi connectivity index (χ0v) is 16.0. The molecular weight excluding hydrogens is 356 g/mol. The van der Waals surface area contributed by atoms with Crippen LogP contribution >= 0.6 is 0 Å². The van der Waals surface area contributed by atoms with Gasteiger partial charge in [0.25, 0.3) is 0 Å². The molecule has 0 aromatic carbocycles. The van der Waals surface area contributed by atoms with Gasteiger partial charge in [-0.15, -0.1) is 0 Å². The van der Waals surface area contributed by atoms with Crippen molar-refractivity contribution >= 4 is 29.0 Å². The summed E-state index contributed by atoms with van der Waals surface area (Å²) >= 11 is 0. The molecule has 28 heavy (non-hydrogen) atoms. The number of hydrogen-bond donors (Lipinski definition) is 2. The number of rotatable bonds is 4. The first kappa shape index (κ1) is 18.3. The lowest BCUT2D eigenvalue weighted by atomic mass is 9.65. The summed E-state index contributed by atoms with van der Waals surface area (Å²) in [5.74, 6) is -1.19. The van der Waals surface area contributed by atoms with Gasteiger partial charge in [-0.05, 0) is 30.4 Å². The van der Waals surface area contributed by atoms with Crippen molar-refractivity contribution in [2.75, 3.05) is 0 Å². The van der Waals surface area contributed by atoms with Crippen LogP contribution in [0.4, 0.5) is 0 Å². The van der Waals surface area contributed by atoms with E-state index in [0.29, 0.717) is 23.1 Å². The van der Waals surface area contributed by atoms with Gasteiger partial charge in [-0.25, -0.2) is 9.98 Å². The summed E-state index contributed by atoms with van der Waals surface area (Å²) in [6.07, 6.45) is 8.58. The van der Waals surface area contributed by atoms with E-state index in [0.717, 1.165) is 18.2 Å². The van der Waals surface area contributed by atoms with Crippen LogP contribution in [0.3, 0.4) is 0 Å². The molecule has 2 aromatic rings. The van der Waals surface area contributed by atoms with Crippen molar-refractivity contribution in [2.24, 2.45) is 16.3 Å². The number of hydrogen-bond acceptors (Lipinski definition) is 6. The first-order valence-electron chi connectivity index (χ1n) is 9.27. The van der Waals surface area contributed by atoms with E-state index in [4.69, 9.17) is 5.26 Å². The van der Waals surface area contributed by atoms with E-state index in [1.54, 1.807) is 16.9 Å². The lowest BCUT2D eigenvalue weighted by molar-refractivity contribution is -0.142. The monoisotopic (exact) mass is 378 g/mol. The number of carbonyl (C=O) groups is 1. The number of nitrogens with zero attached hydrogens (tertiary/aromatic N) is 5. The molecule has 0 saturated heterocycles. The van der Waals surface area contributed by atoms with Gasteiger partial charge in [-0.1, -0.05) is 20.8 Å². The van der Waals surface area contributed by atoms with Crippen LogP contribution in [-0.4, -0.2) is 43.6 Å². The molecule has 144 valence electrons. The summed E-state index contributed by atoms with van der Waals surface area (Å²) < 4.78 is 1.60. The molecule has 0 radical (unpaired) electrons. The van der Waals surface area contributed by atoms with Gasteiger partial charge in [0.1, 0.15) is 12.0 Å². The van der Waals surface area contributed by atoms with E-state index in [9.17, 15) is 9.90 Å². The highest BCUT2D eigenvalue weighted by atomic mass is 16.4. The molecule has 2 aliphatic rings. The lowest BCUT2D eigenvalue weighted by Gasteiger charge is -2.47. The van der Waals surface area contributed by atoms with E-state index in [1.807, 2.05) is 26.8 Å². The van der Waals surface area contributed by atoms with Crippen molar-refractivity contribution in [3.8, 4) is 6.07 Å². The van der Waals surface area contributed by atoms with Crippen LogP contribution in [-0.2, 0) is 4.79 Å². The fraction of sp³-hybridized carbons (Fsp3) is 0.450. The summed E-state index contributed by atoms with van der Waals surface area (Å²) in [6.45, 7) is 6.10. The fourth-order valence-corrected chi connectivity index (χ4v) is 3.72. The molecule has 2 unspecified atom stereocenters. The molecule has 0 bridgehead atoms. The molecule has 8 nitrogen and oxygen atoms in total. The van der Waals surface area contributed by atoms with Crippen molar-refractivity contribution < 1.29 is 9.90 Å².